The van der Waals surface area contributed by atoms with Gasteiger partial charge >= 0.3 is 6.03 Å². The molecule has 5 heteroatoms. The summed E-state index contributed by atoms with van der Waals surface area (Å²) in [4.78, 5) is 13.2. The molecule has 1 aromatic carbocycles. The van der Waals surface area contributed by atoms with Crippen molar-refractivity contribution in [3.8, 4) is 0 Å². The number of amides is 2. The molecular formula is C13H19FN2O2. The van der Waals surface area contributed by atoms with Crippen LogP contribution in [0.3, 0.4) is 0 Å². The summed E-state index contributed by atoms with van der Waals surface area (Å²) in [5.41, 5.74) is 1.04. The highest BCUT2D eigenvalue weighted by atomic mass is 19.1. The maximum Gasteiger partial charge on any atom is 0.321 e. The monoisotopic (exact) mass is 254 g/mol. The highest BCUT2D eigenvalue weighted by molar-refractivity contribution is 5.89. The lowest BCUT2D eigenvalue weighted by Crippen LogP contribution is -2.33. The number of hydrogen-bond donors (Lipinski definition) is 2. The lowest BCUT2D eigenvalue weighted by atomic mass is 10.2. The van der Waals surface area contributed by atoms with Gasteiger partial charge in [0.05, 0.1) is 6.10 Å². The molecule has 1 atom stereocenters. The van der Waals surface area contributed by atoms with E-state index in [4.69, 9.17) is 5.11 Å². The molecule has 0 saturated heterocycles. The highest BCUT2D eigenvalue weighted by Gasteiger charge is 2.10. The molecule has 2 amide bonds. The van der Waals surface area contributed by atoms with Crippen LogP contribution in [-0.4, -0.2) is 35.7 Å². The number of aryl methyl sites for hydroxylation is 1. The topological polar surface area (TPSA) is 52.6 Å². The standard InChI is InChI=1S/C13H19FN2O2/c1-9-8-11(4-5-12(9)14)15-13(18)16(3)7-6-10(2)17/h4-5,8,10,17H,6-7H2,1-3H3,(H,15,18). The van der Waals surface area contributed by atoms with Gasteiger partial charge in [0.15, 0.2) is 0 Å². The number of aliphatic hydroxyl groups is 1. The molecule has 0 spiro atoms. The van der Waals surface area contributed by atoms with Crippen molar-refractivity contribution in [2.24, 2.45) is 0 Å². The van der Waals surface area contributed by atoms with Crippen LogP contribution >= 0.6 is 0 Å². The molecule has 0 aliphatic rings. The molecule has 0 saturated carbocycles. The number of carbonyl (C=O) groups is 1. The SMILES string of the molecule is Cc1cc(NC(=O)N(C)CCC(C)O)ccc1F. The largest absolute Gasteiger partial charge is 0.393 e. The van der Waals surface area contributed by atoms with Gasteiger partial charge in [-0.1, -0.05) is 0 Å². The molecule has 2 N–H and O–H groups in total. The van der Waals surface area contributed by atoms with Crippen molar-refractivity contribution in [2.75, 3.05) is 18.9 Å². The van der Waals surface area contributed by atoms with E-state index >= 15 is 0 Å². The predicted molar refractivity (Wildman–Crippen MR) is 69.1 cm³/mol. The first kappa shape index (κ1) is 14.4. The van der Waals surface area contributed by atoms with E-state index in [0.29, 0.717) is 24.2 Å². The van der Waals surface area contributed by atoms with Crippen LogP contribution in [0.5, 0.6) is 0 Å². The van der Waals surface area contributed by atoms with Gasteiger partial charge in [0.1, 0.15) is 5.82 Å². The number of aliphatic hydroxyl groups excluding tert-OH is 1. The first-order chi connectivity index (χ1) is 8.40. The molecule has 0 aliphatic carbocycles. The summed E-state index contributed by atoms with van der Waals surface area (Å²) in [7, 11) is 1.65. The molecule has 0 aromatic heterocycles. The molecule has 0 heterocycles. The Balaban J connectivity index is 2.55. The molecule has 0 aliphatic heterocycles. The number of nitrogens with one attached hydrogen (secondary N) is 1. The third-order valence-corrected chi connectivity index (χ3v) is 2.64. The van der Waals surface area contributed by atoms with Gasteiger partial charge in [0.25, 0.3) is 0 Å². The fourth-order valence-corrected chi connectivity index (χ4v) is 1.42. The van der Waals surface area contributed by atoms with Crippen molar-refractivity contribution >= 4 is 11.7 Å². The van der Waals surface area contributed by atoms with Crippen LogP contribution in [0, 0.1) is 12.7 Å². The van der Waals surface area contributed by atoms with E-state index in [9.17, 15) is 9.18 Å². The van der Waals surface area contributed by atoms with E-state index < -0.39 is 6.10 Å². The Morgan fingerprint density at radius 3 is 2.78 bits per heavy atom. The van der Waals surface area contributed by atoms with Crippen LogP contribution in [0.25, 0.3) is 0 Å². The van der Waals surface area contributed by atoms with Crippen molar-refractivity contribution in [1.82, 2.24) is 4.90 Å². The van der Waals surface area contributed by atoms with Gasteiger partial charge in [-0.25, -0.2) is 9.18 Å². The van der Waals surface area contributed by atoms with E-state index in [1.54, 1.807) is 27.0 Å². The third kappa shape index (κ3) is 4.33. The maximum atomic E-state index is 13.1. The van der Waals surface area contributed by atoms with Crippen LogP contribution in [0.1, 0.15) is 18.9 Å². The molecule has 0 radical (unpaired) electrons. The minimum Gasteiger partial charge on any atom is -0.393 e. The van der Waals surface area contributed by atoms with Crippen molar-refractivity contribution < 1.29 is 14.3 Å². The average Bonchev–Trinajstić information content (AvgIpc) is 2.30. The maximum absolute atomic E-state index is 13.1. The second-order valence-corrected chi connectivity index (χ2v) is 4.45. The van der Waals surface area contributed by atoms with E-state index in [1.807, 2.05) is 0 Å². The van der Waals surface area contributed by atoms with E-state index in [0.717, 1.165) is 0 Å². The summed E-state index contributed by atoms with van der Waals surface area (Å²) in [6, 6.07) is 4.14. The Morgan fingerprint density at radius 1 is 1.56 bits per heavy atom. The van der Waals surface area contributed by atoms with E-state index in [1.165, 1.54) is 17.0 Å². The molecule has 0 fully saturated rings. The Kier molecular flexibility index (Phi) is 5.09. The smallest absolute Gasteiger partial charge is 0.321 e. The third-order valence-electron chi connectivity index (χ3n) is 2.64. The van der Waals surface area contributed by atoms with Crippen LogP contribution in [0.15, 0.2) is 18.2 Å². The molecule has 4 nitrogen and oxygen atoms in total. The number of benzene rings is 1. The minimum absolute atomic E-state index is 0.276. The number of halogens is 1. The Morgan fingerprint density at radius 2 is 2.22 bits per heavy atom. The van der Waals surface area contributed by atoms with E-state index in [-0.39, 0.29) is 11.8 Å². The Hall–Kier alpha value is -1.62. The first-order valence-corrected chi connectivity index (χ1v) is 5.86. The summed E-state index contributed by atoms with van der Waals surface area (Å²) >= 11 is 0. The fourth-order valence-electron chi connectivity index (χ4n) is 1.42. The summed E-state index contributed by atoms with van der Waals surface area (Å²) in [6.45, 7) is 3.78. The van der Waals surface area contributed by atoms with Crippen molar-refractivity contribution in [3.05, 3.63) is 29.6 Å². The van der Waals surface area contributed by atoms with E-state index in [2.05, 4.69) is 5.32 Å². The van der Waals surface area contributed by atoms with Crippen LogP contribution in [-0.2, 0) is 0 Å². The van der Waals surface area contributed by atoms with Gasteiger partial charge in [-0.15, -0.1) is 0 Å². The second-order valence-electron chi connectivity index (χ2n) is 4.45. The summed E-state index contributed by atoms with van der Waals surface area (Å²) in [5.74, 6) is -0.296. The van der Waals surface area contributed by atoms with Gasteiger partial charge in [-0.2, -0.15) is 0 Å². The van der Waals surface area contributed by atoms with Crippen molar-refractivity contribution in [1.29, 1.82) is 0 Å². The van der Waals surface area contributed by atoms with Gasteiger partial charge in [0.2, 0.25) is 0 Å². The number of hydrogen-bond acceptors (Lipinski definition) is 2. The summed E-state index contributed by atoms with van der Waals surface area (Å²) in [6.07, 6.45) is 0.0835. The Bertz CT molecular complexity index is 421. The van der Waals surface area contributed by atoms with Gasteiger partial charge in [-0.05, 0) is 44.0 Å². The number of carbonyl (C=O) groups excluding carboxylic acids is 1. The van der Waals surface area contributed by atoms with Gasteiger partial charge < -0.3 is 15.3 Å². The van der Waals surface area contributed by atoms with Crippen molar-refractivity contribution in [3.63, 3.8) is 0 Å². The molecular weight excluding hydrogens is 235 g/mol. The van der Waals surface area contributed by atoms with Crippen molar-refractivity contribution in [2.45, 2.75) is 26.4 Å². The molecule has 0 bridgehead atoms. The Labute approximate surface area is 106 Å². The first-order valence-electron chi connectivity index (χ1n) is 5.86. The fraction of sp³-hybridized carbons (Fsp3) is 0.462. The highest BCUT2D eigenvalue weighted by Crippen LogP contribution is 2.14. The number of urea groups is 1. The normalized spacial score (nSPS) is 12.1. The van der Waals surface area contributed by atoms with Gasteiger partial charge in [0, 0.05) is 19.3 Å². The lowest BCUT2D eigenvalue weighted by Gasteiger charge is -2.18. The number of nitrogens with zero attached hydrogens (tertiary/aromatic N) is 1. The van der Waals surface area contributed by atoms with Crippen LogP contribution < -0.4 is 5.32 Å². The zero-order valence-corrected chi connectivity index (χ0v) is 10.9. The number of anilines is 1. The zero-order chi connectivity index (χ0) is 13.7. The molecule has 100 valence electrons. The predicted octanol–water partition coefficient (Wildman–Crippen LogP) is 2.37. The van der Waals surface area contributed by atoms with Crippen LogP contribution in [0.2, 0.25) is 0 Å². The van der Waals surface area contributed by atoms with Crippen LogP contribution in [0.4, 0.5) is 14.9 Å². The van der Waals surface area contributed by atoms with Gasteiger partial charge in [-0.3, -0.25) is 0 Å². The molecule has 18 heavy (non-hydrogen) atoms. The quantitative estimate of drug-likeness (QED) is 0.866. The zero-order valence-electron chi connectivity index (χ0n) is 10.9. The summed E-state index contributed by atoms with van der Waals surface area (Å²) in [5, 5.41) is 11.8. The molecule has 1 rings (SSSR count). The minimum atomic E-state index is -0.437. The average molecular weight is 254 g/mol. The molecule has 1 aromatic rings. The number of rotatable bonds is 4. The lowest BCUT2D eigenvalue weighted by molar-refractivity contribution is 0.167. The molecule has 1 unspecified atom stereocenters. The second kappa shape index (κ2) is 6.35. The summed E-state index contributed by atoms with van der Waals surface area (Å²) < 4.78 is 13.1.